The first-order valence-corrected chi connectivity index (χ1v) is 3.15. The van der Waals surface area contributed by atoms with Crippen LogP contribution in [-0.4, -0.2) is 23.2 Å². The quantitative estimate of drug-likeness (QED) is 0.391. The monoisotopic (exact) mass is 179 g/mol. The van der Waals surface area contributed by atoms with Gasteiger partial charge in [-0.2, -0.15) is 0 Å². The first-order chi connectivity index (χ1) is 5.24. The molecule has 0 saturated heterocycles. The summed E-state index contributed by atoms with van der Waals surface area (Å²) in [5.41, 5.74) is 0.553. The molecule has 0 radical (unpaired) electrons. The Labute approximate surface area is 93.7 Å². The number of nitrogens with one attached hydrogen (secondary N) is 1. The van der Waals surface area contributed by atoms with Crippen molar-refractivity contribution in [3.8, 4) is 5.75 Å². The first kappa shape index (κ1) is 11.6. The summed E-state index contributed by atoms with van der Waals surface area (Å²) in [5.74, 6) is -0.268. The fraction of sp³-hybridized carbons (Fsp3) is 0.286. The molecule has 0 bridgehead atoms. The molecule has 0 amide bonds. The maximum absolute atomic E-state index is 10.7. The van der Waals surface area contributed by atoms with Crippen molar-refractivity contribution < 1.29 is 45.6 Å². The molecule has 0 atom stereocenters. The number of aromatic amines is 1. The van der Waals surface area contributed by atoms with Crippen LogP contribution in [0.3, 0.4) is 0 Å². The number of carbonyl (C=O) groups excluding carboxylic acids is 1. The molecule has 62 valence electrons. The van der Waals surface area contributed by atoms with Gasteiger partial charge in [0.2, 0.25) is 0 Å². The molecule has 1 aromatic heterocycles. The number of methoxy groups -OCH3 is 1. The number of ether oxygens (including phenoxy) is 1. The summed E-state index contributed by atoms with van der Waals surface area (Å²) in [5, 5.41) is 9.06. The number of hydrogen-bond donors (Lipinski definition) is 2. The Morgan fingerprint density at radius 3 is 2.83 bits per heavy atom. The van der Waals surface area contributed by atoms with Crippen molar-refractivity contribution in [2.45, 2.75) is 6.42 Å². The van der Waals surface area contributed by atoms with Gasteiger partial charge in [0, 0.05) is 18.0 Å². The largest absolute Gasteiger partial charge is 1.00 e. The second-order valence-electron chi connectivity index (χ2n) is 2.12. The van der Waals surface area contributed by atoms with Crippen molar-refractivity contribution >= 4 is 5.97 Å². The summed E-state index contributed by atoms with van der Waals surface area (Å²) in [6.07, 6.45) is 3.08. The molecule has 4 nitrogen and oxygen atoms in total. The number of aromatic hydroxyl groups is 1. The van der Waals surface area contributed by atoms with Crippen molar-refractivity contribution in [2.75, 3.05) is 7.11 Å². The van der Waals surface area contributed by atoms with Gasteiger partial charge in [0.1, 0.15) is 5.75 Å². The third kappa shape index (κ3) is 2.89. The van der Waals surface area contributed by atoms with E-state index in [0.29, 0.717) is 5.56 Å². The average Bonchev–Trinajstić information content (AvgIpc) is 2.37. The zero-order chi connectivity index (χ0) is 8.27. The standard InChI is InChI=1S/C7H9NO3.Na.H/c1-11-7(10)2-5-3-8-4-6(5)9;;/h3-4,8-9H,2H2,1H3;;/q;+1;-1. The van der Waals surface area contributed by atoms with Crippen LogP contribution in [0.1, 0.15) is 6.99 Å². The van der Waals surface area contributed by atoms with Crippen molar-refractivity contribution in [1.29, 1.82) is 0 Å². The third-order valence-electron chi connectivity index (χ3n) is 1.37. The van der Waals surface area contributed by atoms with Gasteiger partial charge in [0.25, 0.3) is 0 Å². The van der Waals surface area contributed by atoms with E-state index in [4.69, 9.17) is 5.11 Å². The Balaban J connectivity index is 0. The molecule has 5 heteroatoms. The van der Waals surface area contributed by atoms with Gasteiger partial charge in [-0.25, -0.2) is 0 Å². The minimum Gasteiger partial charge on any atom is -1.00 e. The summed E-state index contributed by atoms with van der Waals surface area (Å²) >= 11 is 0. The predicted octanol–water partition coefficient (Wildman–Crippen LogP) is -2.45. The predicted molar refractivity (Wildman–Crippen MR) is 39.3 cm³/mol. The number of aromatic nitrogens is 1. The summed E-state index contributed by atoms with van der Waals surface area (Å²) in [7, 11) is 1.31. The van der Waals surface area contributed by atoms with Crippen molar-refractivity contribution in [3.63, 3.8) is 0 Å². The van der Waals surface area contributed by atoms with Gasteiger partial charge in [-0.05, 0) is 0 Å². The number of hydrogen-bond acceptors (Lipinski definition) is 3. The smallest absolute Gasteiger partial charge is 1.00 e. The molecule has 2 N–H and O–H groups in total. The Kier molecular flexibility index (Phi) is 5.04. The summed E-state index contributed by atoms with van der Waals surface area (Å²) < 4.78 is 4.41. The molecule has 0 saturated carbocycles. The van der Waals surface area contributed by atoms with Crippen LogP contribution in [0.15, 0.2) is 12.4 Å². The van der Waals surface area contributed by atoms with Crippen LogP contribution in [0.25, 0.3) is 0 Å². The topological polar surface area (TPSA) is 62.3 Å². The summed E-state index contributed by atoms with van der Waals surface area (Å²) in [6.45, 7) is 0. The van der Waals surface area contributed by atoms with Crippen LogP contribution >= 0.6 is 0 Å². The van der Waals surface area contributed by atoms with Crippen LogP contribution < -0.4 is 29.6 Å². The van der Waals surface area contributed by atoms with Gasteiger partial charge in [0.05, 0.1) is 13.5 Å². The van der Waals surface area contributed by atoms with Gasteiger partial charge in [-0.15, -0.1) is 0 Å². The van der Waals surface area contributed by atoms with E-state index in [1.807, 2.05) is 0 Å². The fourth-order valence-corrected chi connectivity index (χ4v) is 0.757. The normalized spacial score (nSPS) is 8.75. The molecule has 0 aromatic carbocycles. The van der Waals surface area contributed by atoms with Crippen LogP contribution in [0.4, 0.5) is 0 Å². The molecule has 0 aliphatic rings. The number of rotatable bonds is 2. The molecule has 1 rings (SSSR count). The summed E-state index contributed by atoms with van der Waals surface area (Å²) in [6, 6.07) is 0. The first-order valence-electron chi connectivity index (χ1n) is 3.15. The van der Waals surface area contributed by atoms with E-state index in [-0.39, 0.29) is 49.1 Å². The molecule has 0 aliphatic heterocycles. The average molecular weight is 179 g/mol. The molecule has 0 fully saturated rings. The Hall–Kier alpha value is -0.450. The second-order valence-corrected chi connectivity index (χ2v) is 2.12. The van der Waals surface area contributed by atoms with Gasteiger partial charge in [-0.1, -0.05) is 0 Å². The molecule has 1 heterocycles. The molecule has 0 unspecified atom stereocenters. The van der Waals surface area contributed by atoms with Crippen molar-refractivity contribution in [2.24, 2.45) is 0 Å². The van der Waals surface area contributed by atoms with Crippen molar-refractivity contribution in [3.05, 3.63) is 18.0 Å². The number of H-pyrrole nitrogens is 1. The zero-order valence-corrected chi connectivity index (χ0v) is 9.13. The number of esters is 1. The van der Waals surface area contributed by atoms with E-state index in [9.17, 15) is 4.79 Å². The number of carbonyl (C=O) groups is 1. The van der Waals surface area contributed by atoms with Crippen molar-refractivity contribution in [1.82, 2.24) is 4.98 Å². The minimum atomic E-state index is -0.361. The van der Waals surface area contributed by atoms with Crippen LogP contribution in [0.2, 0.25) is 0 Å². The van der Waals surface area contributed by atoms with Gasteiger partial charge < -0.3 is 16.3 Å². The maximum Gasteiger partial charge on any atom is 1.00 e. The zero-order valence-electron chi connectivity index (χ0n) is 8.13. The SMILES string of the molecule is COC(=O)Cc1c[nH]cc1O.[H-].[Na+]. The van der Waals surface area contributed by atoms with Crippen LogP contribution in [0, 0.1) is 0 Å². The van der Waals surface area contributed by atoms with E-state index < -0.39 is 0 Å². The molecule has 0 aliphatic carbocycles. The molecule has 0 spiro atoms. The molecular weight excluding hydrogens is 169 g/mol. The van der Waals surface area contributed by atoms with E-state index >= 15 is 0 Å². The van der Waals surface area contributed by atoms with E-state index in [2.05, 4.69) is 9.72 Å². The fourth-order valence-electron chi connectivity index (χ4n) is 0.757. The van der Waals surface area contributed by atoms with E-state index in [0.717, 1.165) is 0 Å². The van der Waals surface area contributed by atoms with E-state index in [1.54, 1.807) is 6.20 Å². The second kappa shape index (κ2) is 5.24. The van der Waals surface area contributed by atoms with Gasteiger partial charge >= 0.3 is 35.5 Å². The molecular formula is C7H10NNaO3. The molecule has 1 aromatic rings. The third-order valence-corrected chi connectivity index (χ3v) is 1.37. The van der Waals surface area contributed by atoms with Gasteiger partial charge in [0.15, 0.2) is 0 Å². The van der Waals surface area contributed by atoms with Crippen LogP contribution in [0.5, 0.6) is 5.75 Å². The Morgan fingerprint density at radius 2 is 2.42 bits per heavy atom. The van der Waals surface area contributed by atoms with Crippen LogP contribution in [-0.2, 0) is 16.0 Å². The van der Waals surface area contributed by atoms with E-state index in [1.165, 1.54) is 13.3 Å². The Morgan fingerprint density at radius 1 is 1.75 bits per heavy atom. The maximum atomic E-state index is 10.7. The summed E-state index contributed by atoms with van der Waals surface area (Å²) in [4.78, 5) is 13.4. The molecule has 12 heavy (non-hydrogen) atoms. The van der Waals surface area contributed by atoms with Gasteiger partial charge in [-0.3, -0.25) is 4.79 Å². The minimum absolute atomic E-state index is 0. The Bertz CT molecular complexity index is 264.